The fraction of sp³-hybridized carbons (Fsp3) is 0.750. The molecule has 0 rings (SSSR count). The van der Waals surface area contributed by atoms with Gasteiger partial charge >= 0.3 is 0 Å². The summed E-state index contributed by atoms with van der Waals surface area (Å²) in [5.41, 5.74) is 1.99. The number of carbonyl (C=O) groups is 3. The number of rotatable bonds is 10. The molecule has 1 unspecified atom stereocenters. The first-order valence-corrected chi connectivity index (χ1v) is 7.29. The van der Waals surface area contributed by atoms with Gasteiger partial charge in [0.1, 0.15) is 6.04 Å². The number of thiol groups is 1. The van der Waals surface area contributed by atoms with E-state index in [-0.39, 0.29) is 24.7 Å². The van der Waals surface area contributed by atoms with Gasteiger partial charge in [0.05, 0.1) is 0 Å². The molecule has 0 saturated carbocycles. The van der Waals surface area contributed by atoms with Crippen molar-refractivity contribution in [2.75, 3.05) is 12.8 Å². The molecule has 0 fully saturated rings. The Morgan fingerprint density at radius 1 is 1.10 bits per heavy atom. The van der Waals surface area contributed by atoms with Crippen LogP contribution in [0.2, 0.25) is 0 Å². The SMILES string of the molecule is CNC(=O)CCC(NC(=O)CCCCCS)C(=O)NN. The van der Waals surface area contributed by atoms with Crippen LogP contribution in [0.3, 0.4) is 0 Å². The quantitative estimate of drug-likeness (QED) is 0.123. The number of nitrogens with two attached hydrogens (primary N) is 1. The zero-order chi connectivity index (χ0) is 15.4. The zero-order valence-corrected chi connectivity index (χ0v) is 12.7. The van der Waals surface area contributed by atoms with E-state index in [0.717, 1.165) is 25.0 Å². The molecule has 7 nitrogen and oxygen atoms in total. The van der Waals surface area contributed by atoms with Crippen LogP contribution in [0.4, 0.5) is 0 Å². The van der Waals surface area contributed by atoms with Crippen molar-refractivity contribution < 1.29 is 14.4 Å². The van der Waals surface area contributed by atoms with E-state index in [1.54, 1.807) is 0 Å². The van der Waals surface area contributed by atoms with Gasteiger partial charge in [0.2, 0.25) is 11.8 Å². The summed E-state index contributed by atoms with van der Waals surface area (Å²) in [7, 11) is 1.51. The molecule has 1 atom stereocenters. The van der Waals surface area contributed by atoms with Gasteiger partial charge in [-0.15, -0.1) is 0 Å². The Morgan fingerprint density at radius 2 is 1.80 bits per heavy atom. The molecule has 0 aliphatic heterocycles. The van der Waals surface area contributed by atoms with Gasteiger partial charge in [-0.2, -0.15) is 12.6 Å². The fourth-order valence-corrected chi connectivity index (χ4v) is 1.83. The minimum atomic E-state index is -0.783. The summed E-state index contributed by atoms with van der Waals surface area (Å²) in [6.07, 6.45) is 3.34. The summed E-state index contributed by atoms with van der Waals surface area (Å²) in [5, 5.41) is 5.05. The van der Waals surface area contributed by atoms with Crippen LogP contribution in [0, 0.1) is 0 Å². The largest absolute Gasteiger partial charge is 0.359 e. The van der Waals surface area contributed by atoms with Crippen molar-refractivity contribution >= 4 is 30.4 Å². The fourth-order valence-electron chi connectivity index (χ4n) is 1.61. The molecular weight excluding hydrogens is 280 g/mol. The van der Waals surface area contributed by atoms with Crippen molar-refractivity contribution in [3.05, 3.63) is 0 Å². The number of nitrogens with one attached hydrogen (secondary N) is 3. The molecule has 0 aromatic rings. The Morgan fingerprint density at radius 3 is 2.35 bits per heavy atom. The highest BCUT2D eigenvalue weighted by Gasteiger charge is 2.20. The lowest BCUT2D eigenvalue weighted by atomic mass is 10.1. The first-order chi connectivity index (χ1) is 9.54. The maximum absolute atomic E-state index is 11.7. The molecule has 0 spiro atoms. The normalized spacial score (nSPS) is 11.6. The van der Waals surface area contributed by atoms with Crippen molar-refractivity contribution in [2.24, 2.45) is 5.84 Å². The summed E-state index contributed by atoms with van der Waals surface area (Å²) in [5.74, 6) is 4.96. The van der Waals surface area contributed by atoms with Crippen molar-refractivity contribution in [1.82, 2.24) is 16.1 Å². The molecule has 0 heterocycles. The topological polar surface area (TPSA) is 113 Å². The third-order valence-electron chi connectivity index (χ3n) is 2.79. The van der Waals surface area contributed by atoms with Gasteiger partial charge in [-0.3, -0.25) is 19.8 Å². The number of unbranched alkanes of at least 4 members (excludes halogenated alkanes) is 2. The Balaban J connectivity index is 4.17. The number of hydrazine groups is 1. The van der Waals surface area contributed by atoms with Gasteiger partial charge in [-0.1, -0.05) is 6.42 Å². The van der Waals surface area contributed by atoms with Gasteiger partial charge in [0.15, 0.2) is 0 Å². The van der Waals surface area contributed by atoms with E-state index in [1.807, 2.05) is 5.43 Å². The molecule has 5 N–H and O–H groups in total. The van der Waals surface area contributed by atoms with Crippen LogP contribution in [-0.4, -0.2) is 36.6 Å². The average molecular weight is 304 g/mol. The van der Waals surface area contributed by atoms with Crippen molar-refractivity contribution in [3.8, 4) is 0 Å². The molecule has 8 heteroatoms. The first kappa shape index (κ1) is 18.7. The second-order valence-electron chi connectivity index (χ2n) is 4.37. The Hall–Kier alpha value is -1.28. The predicted octanol–water partition coefficient (Wildman–Crippen LogP) is -0.522. The van der Waals surface area contributed by atoms with Crippen molar-refractivity contribution in [3.63, 3.8) is 0 Å². The molecule has 20 heavy (non-hydrogen) atoms. The van der Waals surface area contributed by atoms with Crippen LogP contribution in [0.15, 0.2) is 0 Å². The monoisotopic (exact) mass is 304 g/mol. The lowest BCUT2D eigenvalue weighted by molar-refractivity contribution is -0.129. The molecule has 3 amide bonds. The number of carbonyl (C=O) groups excluding carboxylic acids is 3. The number of hydrogen-bond donors (Lipinski definition) is 5. The summed E-state index contributed by atoms with van der Waals surface area (Å²) in [6.45, 7) is 0. The lowest BCUT2D eigenvalue weighted by Gasteiger charge is -2.16. The molecular formula is C12H24N4O3S. The van der Waals surface area contributed by atoms with Gasteiger partial charge in [-0.05, 0) is 25.0 Å². The summed E-state index contributed by atoms with van der Waals surface area (Å²) in [6, 6.07) is -0.783. The van der Waals surface area contributed by atoms with Crippen molar-refractivity contribution in [2.45, 2.75) is 44.6 Å². The summed E-state index contributed by atoms with van der Waals surface area (Å²) in [4.78, 5) is 34.4. The molecule has 0 bridgehead atoms. The third kappa shape index (κ3) is 8.76. The average Bonchev–Trinajstić information content (AvgIpc) is 2.46. The zero-order valence-electron chi connectivity index (χ0n) is 11.8. The molecule has 0 aliphatic carbocycles. The van der Waals surface area contributed by atoms with E-state index in [2.05, 4.69) is 23.3 Å². The summed E-state index contributed by atoms with van der Waals surface area (Å²) >= 11 is 4.09. The smallest absolute Gasteiger partial charge is 0.256 e. The van der Waals surface area contributed by atoms with Gasteiger partial charge in [0, 0.05) is 19.9 Å². The van der Waals surface area contributed by atoms with Crippen molar-refractivity contribution in [1.29, 1.82) is 0 Å². The lowest BCUT2D eigenvalue weighted by Crippen LogP contribution is -2.49. The number of amides is 3. The van der Waals surface area contributed by atoms with Crippen LogP contribution in [-0.2, 0) is 14.4 Å². The van der Waals surface area contributed by atoms with Gasteiger partial charge in [0.25, 0.3) is 5.91 Å². The van der Waals surface area contributed by atoms with E-state index in [1.165, 1.54) is 7.05 Å². The molecule has 0 radical (unpaired) electrons. The second-order valence-corrected chi connectivity index (χ2v) is 4.82. The first-order valence-electron chi connectivity index (χ1n) is 6.66. The summed E-state index contributed by atoms with van der Waals surface area (Å²) < 4.78 is 0. The highest BCUT2D eigenvalue weighted by atomic mass is 32.1. The van der Waals surface area contributed by atoms with Crippen LogP contribution in [0.5, 0.6) is 0 Å². The molecule has 0 aromatic carbocycles. The highest BCUT2D eigenvalue weighted by molar-refractivity contribution is 7.80. The predicted molar refractivity (Wildman–Crippen MR) is 79.9 cm³/mol. The van der Waals surface area contributed by atoms with E-state index in [9.17, 15) is 14.4 Å². The maximum Gasteiger partial charge on any atom is 0.256 e. The van der Waals surface area contributed by atoms with Crippen LogP contribution in [0.25, 0.3) is 0 Å². The molecule has 0 saturated heterocycles. The maximum atomic E-state index is 11.7. The van der Waals surface area contributed by atoms with E-state index < -0.39 is 11.9 Å². The minimum absolute atomic E-state index is 0.147. The van der Waals surface area contributed by atoms with Crippen LogP contribution < -0.4 is 21.9 Å². The van der Waals surface area contributed by atoms with E-state index >= 15 is 0 Å². The second kappa shape index (κ2) is 11.5. The minimum Gasteiger partial charge on any atom is -0.359 e. The van der Waals surface area contributed by atoms with Crippen LogP contribution >= 0.6 is 12.6 Å². The van der Waals surface area contributed by atoms with Gasteiger partial charge in [-0.25, -0.2) is 5.84 Å². The van der Waals surface area contributed by atoms with E-state index in [0.29, 0.717) is 6.42 Å². The van der Waals surface area contributed by atoms with E-state index in [4.69, 9.17) is 5.84 Å². The third-order valence-corrected chi connectivity index (χ3v) is 3.11. The Bertz CT molecular complexity index is 326. The highest BCUT2D eigenvalue weighted by Crippen LogP contribution is 2.03. The standard InChI is InChI=1S/C12H24N4O3S/c1-14-10(17)7-6-9(12(19)16-13)15-11(18)5-3-2-4-8-20/h9,20H,2-8,13H2,1H3,(H,14,17)(H,15,18)(H,16,19). The Kier molecular flexibility index (Phi) is 10.8. The molecule has 0 aromatic heterocycles. The molecule has 0 aliphatic rings. The van der Waals surface area contributed by atoms with Crippen LogP contribution in [0.1, 0.15) is 38.5 Å². The Labute approximate surface area is 124 Å². The van der Waals surface area contributed by atoms with Gasteiger partial charge < -0.3 is 10.6 Å². The number of hydrogen-bond acceptors (Lipinski definition) is 5. The molecule has 116 valence electrons.